The average molecular weight is 365 g/mol. The van der Waals surface area contributed by atoms with E-state index in [-0.39, 0.29) is 17.5 Å². The largest absolute Gasteiger partial charge is 0.504 e. The van der Waals surface area contributed by atoms with Crippen LogP contribution in [0.1, 0.15) is 42.9 Å². The third kappa shape index (κ3) is 4.96. The number of hydrogen-bond donors (Lipinski definition) is 6. The number of carbonyl (C=O) groups is 2. The Labute approximate surface area is 150 Å². The number of phenols is 2. The van der Waals surface area contributed by atoms with Gasteiger partial charge in [-0.05, 0) is 37.3 Å². The van der Waals surface area contributed by atoms with Gasteiger partial charge in [-0.15, -0.1) is 0 Å². The molecule has 2 aliphatic carbocycles. The minimum atomic E-state index is -1.26. The molecular weight excluding hydrogens is 342 g/mol. The molecule has 3 rings (SSSR count). The summed E-state index contributed by atoms with van der Waals surface area (Å²) in [5, 5.41) is 48.7. The summed E-state index contributed by atoms with van der Waals surface area (Å²) >= 11 is 0. The van der Waals surface area contributed by atoms with E-state index in [1.54, 1.807) is 6.07 Å². The van der Waals surface area contributed by atoms with Crippen molar-refractivity contribution in [1.29, 1.82) is 0 Å². The van der Waals surface area contributed by atoms with Gasteiger partial charge in [0.15, 0.2) is 11.5 Å². The van der Waals surface area contributed by atoms with E-state index in [9.17, 15) is 24.9 Å². The first kappa shape index (κ1) is 19.7. The Morgan fingerprint density at radius 2 is 1.65 bits per heavy atom. The molecule has 0 amide bonds. The standard InChI is InChI=1S/C14H19NO3.C4H4O4/c16-12-7-5-9-10(14(12)18)4-6-11(13(9)17)15-8-2-1-3-8;5-3(6)1-2-4(7)8/h5,7-8,11,13,15-18H,1-4,6H2;1-2H,(H,5,6)(H,7,8)/b;2-1+/t11-,13+;/m1./s1. The predicted molar refractivity (Wildman–Crippen MR) is 92.0 cm³/mol. The van der Waals surface area contributed by atoms with Crippen LogP contribution in [0.2, 0.25) is 0 Å². The number of nitrogens with one attached hydrogen (secondary N) is 1. The predicted octanol–water partition coefficient (Wildman–Crippen LogP) is 1.30. The lowest BCUT2D eigenvalue weighted by Gasteiger charge is -2.37. The molecule has 1 saturated carbocycles. The van der Waals surface area contributed by atoms with Crippen LogP contribution >= 0.6 is 0 Å². The quantitative estimate of drug-likeness (QED) is 0.346. The summed E-state index contributed by atoms with van der Waals surface area (Å²) in [7, 11) is 0. The molecule has 0 aromatic heterocycles. The van der Waals surface area contributed by atoms with E-state index < -0.39 is 18.0 Å². The van der Waals surface area contributed by atoms with Gasteiger partial charge in [0.2, 0.25) is 0 Å². The van der Waals surface area contributed by atoms with E-state index in [1.165, 1.54) is 25.3 Å². The molecule has 0 aliphatic heterocycles. The Morgan fingerprint density at radius 1 is 1.04 bits per heavy atom. The molecule has 0 radical (unpaired) electrons. The van der Waals surface area contributed by atoms with Gasteiger partial charge < -0.3 is 30.8 Å². The van der Waals surface area contributed by atoms with E-state index in [2.05, 4.69) is 5.32 Å². The molecule has 8 heteroatoms. The molecule has 0 heterocycles. The van der Waals surface area contributed by atoms with Crippen LogP contribution in [0.3, 0.4) is 0 Å². The van der Waals surface area contributed by atoms with E-state index in [0.29, 0.717) is 30.2 Å². The Kier molecular flexibility index (Phi) is 6.59. The summed E-state index contributed by atoms with van der Waals surface area (Å²) in [6.07, 6.45) is 5.66. The second kappa shape index (κ2) is 8.68. The Morgan fingerprint density at radius 3 is 2.15 bits per heavy atom. The first-order valence-electron chi connectivity index (χ1n) is 8.41. The highest BCUT2D eigenvalue weighted by atomic mass is 16.4. The van der Waals surface area contributed by atoms with Gasteiger partial charge in [-0.1, -0.05) is 12.5 Å². The fourth-order valence-corrected chi connectivity index (χ4v) is 3.05. The van der Waals surface area contributed by atoms with Gasteiger partial charge >= 0.3 is 11.9 Å². The Balaban J connectivity index is 0.000000260. The molecule has 0 spiro atoms. The first-order chi connectivity index (χ1) is 12.3. The third-order valence-corrected chi connectivity index (χ3v) is 4.63. The summed E-state index contributed by atoms with van der Waals surface area (Å²) < 4.78 is 0. The van der Waals surface area contributed by atoms with Gasteiger partial charge in [0.05, 0.1) is 6.10 Å². The van der Waals surface area contributed by atoms with Gasteiger partial charge in [0.25, 0.3) is 0 Å². The number of phenolic OH excluding ortho intramolecular Hbond substituents is 2. The first-order valence-corrected chi connectivity index (χ1v) is 8.41. The molecule has 2 atom stereocenters. The molecule has 2 aliphatic rings. The summed E-state index contributed by atoms with van der Waals surface area (Å²) in [4.78, 5) is 19.1. The lowest BCUT2D eigenvalue weighted by molar-refractivity contribution is -0.134. The smallest absolute Gasteiger partial charge is 0.328 e. The van der Waals surface area contributed by atoms with Crippen molar-refractivity contribution in [3.63, 3.8) is 0 Å². The van der Waals surface area contributed by atoms with E-state index in [1.807, 2.05) is 0 Å². The summed E-state index contributed by atoms with van der Waals surface area (Å²) in [6, 6.07) is 3.76. The summed E-state index contributed by atoms with van der Waals surface area (Å²) in [6.45, 7) is 0. The summed E-state index contributed by atoms with van der Waals surface area (Å²) in [5.41, 5.74) is 1.43. The van der Waals surface area contributed by atoms with Crippen molar-refractivity contribution in [2.45, 2.75) is 50.3 Å². The van der Waals surface area contributed by atoms with Gasteiger partial charge in [-0.2, -0.15) is 0 Å². The lowest BCUT2D eigenvalue weighted by atomic mass is 9.83. The number of hydrogen-bond acceptors (Lipinski definition) is 6. The zero-order chi connectivity index (χ0) is 19.3. The average Bonchev–Trinajstić information content (AvgIpc) is 2.55. The van der Waals surface area contributed by atoms with Crippen LogP contribution in [-0.4, -0.2) is 49.6 Å². The second-order valence-electron chi connectivity index (χ2n) is 6.40. The van der Waals surface area contributed by atoms with Crippen molar-refractivity contribution in [2.75, 3.05) is 0 Å². The van der Waals surface area contributed by atoms with Crippen LogP contribution in [0, 0.1) is 0 Å². The summed E-state index contributed by atoms with van der Waals surface area (Å²) in [5.74, 6) is -2.69. The number of carboxylic acids is 2. The fraction of sp³-hybridized carbons (Fsp3) is 0.444. The number of aliphatic hydroxyl groups is 1. The Bertz CT molecular complexity index is 681. The van der Waals surface area contributed by atoms with Crippen molar-refractivity contribution in [3.8, 4) is 11.5 Å². The highest BCUT2D eigenvalue weighted by molar-refractivity contribution is 5.89. The lowest BCUT2D eigenvalue weighted by Crippen LogP contribution is -2.46. The molecule has 142 valence electrons. The van der Waals surface area contributed by atoms with E-state index in [0.717, 1.165) is 12.0 Å². The molecule has 1 fully saturated rings. The van der Waals surface area contributed by atoms with Gasteiger partial charge in [-0.25, -0.2) is 9.59 Å². The molecule has 1 aromatic rings. The number of aromatic hydroxyl groups is 2. The van der Waals surface area contributed by atoms with Crippen molar-refractivity contribution >= 4 is 11.9 Å². The molecular formula is C18H23NO7. The van der Waals surface area contributed by atoms with Crippen molar-refractivity contribution in [3.05, 3.63) is 35.4 Å². The van der Waals surface area contributed by atoms with E-state index in [4.69, 9.17) is 10.2 Å². The van der Waals surface area contributed by atoms with Crippen molar-refractivity contribution < 1.29 is 35.1 Å². The third-order valence-electron chi connectivity index (χ3n) is 4.63. The van der Waals surface area contributed by atoms with Gasteiger partial charge in [-0.3, -0.25) is 0 Å². The van der Waals surface area contributed by atoms with Crippen LogP contribution in [0.15, 0.2) is 24.3 Å². The van der Waals surface area contributed by atoms with Gasteiger partial charge in [0.1, 0.15) is 0 Å². The number of aliphatic carboxylic acids is 2. The molecule has 6 N–H and O–H groups in total. The van der Waals surface area contributed by atoms with Crippen molar-refractivity contribution in [2.24, 2.45) is 0 Å². The number of carboxylic acid groups (broad SMARTS) is 2. The zero-order valence-corrected chi connectivity index (χ0v) is 14.1. The molecule has 0 saturated heterocycles. The zero-order valence-electron chi connectivity index (χ0n) is 14.1. The fourth-order valence-electron chi connectivity index (χ4n) is 3.05. The Hall–Kier alpha value is -2.58. The molecule has 26 heavy (non-hydrogen) atoms. The molecule has 1 aromatic carbocycles. The maximum atomic E-state index is 10.3. The highest BCUT2D eigenvalue weighted by Gasteiger charge is 2.32. The number of rotatable bonds is 4. The number of aliphatic hydroxyl groups excluding tert-OH is 1. The van der Waals surface area contributed by atoms with Gasteiger partial charge in [0, 0.05) is 29.8 Å². The number of fused-ring (bicyclic) bond motifs is 1. The maximum Gasteiger partial charge on any atom is 0.328 e. The normalized spacial score (nSPS) is 22.0. The SMILES string of the molecule is O=C(O)/C=C/C(=O)O.Oc1ccc2c(c1O)CC[C@@H](NC1CCC1)[C@H]2O. The van der Waals surface area contributed by atoms with Crippen molar-refractivity contribution in [1.82, 2.24) is 5.32 Å². The second-order valence-corrected chi connectivity index (χ2v) is 6.40. The minimum Gasteiger partial charge on any atom is -0.504 e. The molecule has 8 nitrogen and oxygen atoms in total. The maximum absolute atomic E-state index is 10.3. The topological polar surface area (TPSA) is 147 Å². The van der Waals surface area contributed by atoms with Crippen LogP contribution in [0.4, 0.5) is 0 Å². The molecule has 0 unspecified atom stereocenters. The van der Waals surface area contributed by atoms with Crippen LogP contribution in [0.5, 0.6) is 11.5 Å². The van der Waals surface area contributed by atoms with Crippen LogP contribution in [-0.2, 0) is 16.0 Å². The van der Waals surface area contributed by atoms with E-state index >= 15 is 0 Å². The highest BCUT2D eigenvalue weighted by Crippen LogP contribution is 2.40. The minimum absolute atomic E-state index is 0.0618. The van der Waals surface area contributed by atoms with Crippen LogP contribution in [0.25, 0.3) is 0 Å². The molecule has 0 bridgehead atoms. The monoisotopic (exact) mass is 365 g/mol. The van der Waals surface area contributed by atoms with Crippen LogP contribution < -0.4 is 5.32 Å². The number of benzene rings is 1.